The number of amides is 1. The number of para-hydroxylation sites is 1. The molecule has 0 unspecified atom stereocenters. The predicted octanol–water partition coefficient (Wildman–Crippen LogP) is 1.35. The van der Waals surface area contributed by atoms with Crippen LogP contribution >= 0.6 is 0 Å². The van der Waals surface area contributed by atoms with Crippen molar-refractivity contribution in [2.24, 2.45) is 0 Å². The topological polar surface area (TPSA) is 70.0 Å². The van der Waals surface area contributed by atoms with Crippen LogP contribution in [0.5, 0.6) is 5.75 Å². The fraction of sp³-hybridized carbons (Fsp3) is 0.462. The molecule has 0 aromatic heterocycles. The minimum absolute atomic E-state index is 0.385. The lowest BCUT2D eigenvalue weighted by Gasteiger charge is -2.24. The van der Waals surface area contributed by atoms with E-state index in [0.717, 1.165) is 11.3 Å². The highest BCUT2D eigenvalue weighted by Crippen LogP contribution is 2.26. The highest BCUT2D eigenvalue weighted by atomic mass is 16.5. The summed E-state index contributed by atoms with van der Waals surface area (Å²) in [6.07, 6.45) is -0.624. The summed E-state index contributed by atoms with van der Waals surface area (Å²) in [6, 6.07) is 7.08. The van der Waals surface area contributed by atoms with Gasteiger partial charge in [-0.05, 0) is 24.5 Å². The second kappa shape index (κ2) is 5.27. The third kappa shape index (κ3) is 2.41. The van der Waals surface area contributed by atoms with Gasteiger partial charge in [-0.15, -0.1) is 0 Å². The van der Waals surface area contributed by atoms with E-state index in [-0.39, 0.29) is 0 Å². The Labute approximate surface area is 106 Å². The van der Waals surface area contributed by atoms with Crippen LogP contribution in [0.4, 0.5) is 4.79 Å². The van der Waals surface area contributed by atoms with Gasteiger partial charge < -0.3 is 19.8 Å². The molecule has 1 fully saturated rings. The number of ether oxygens (including phenoxy) is 1. The second-order valence-electron chi connectivity index (χ2n) is 4.42. The van der Waals surface area contributed by atoms with Gasteiger partial charge in [0.15, 0.2) is 0 Å². The summed E-state index contributed by atoms with van der Waals surface area (Å²) in [7, 11) is 1.58. The van der Waals surface area contributed by atoms with Gasteiger partial charge in [0.25, 0.3) is 0 Å². The summed E-state index contributed by atoms with van der Waals surface area (Å²) in [6.45, 7) is 0.385. The lowest BCUT2D eigenvalue weighted by atomic mass is 10.0. The molecule has 0 saturated carbocycles. The molecule has 1 aliphatic heterocycles. The Kier molecular flexibility index (Phi) is 3.72. The molecule has 0 aliphatic carbocycles. The zero-order valence-electron chi connectivity index (χ0n) is 10.2. The number of methoxy groups -OCH3 is 1. The number of carboxylic acid groups (broad SMARTS) is 1. The maximum atomic E-state index is 11.1. The van der Waals surface area contributed by atoms with E-state index >= 15 is 0 Å². The smallest absolute Gasteiger partial charge is 0.407 e. The Morgan fingerprint density at radius 1 is 1.50 bits per heavy atom. The number of hydrogen-bond donors (Lipinski definition) is 2. The minimum Gasteiger partial charge on any atom is -0.496 e. The first-order chi connectivity index (χ1) is 8.63. The van der Waals surface area contributed by atoms with Crippen LogP contribution in [-0.2, 0) is 6.42 Å². The van der Waals surface area contributed by atoms with Gasteiger partial charge in [-0.3, -0.25) is 0 Å². The van der Waals surface area contributed by atoms with Crippen LogP contribution in [0.25, 0.3) is 0 Å². The van der Waals surface area contributed by atoms with Gasteiger partial charge in [0.05, 0.1) is 19.3 Å². The van der Waals surface area contributed by atoms with Crippen molar-refractivity contribution in [2.75, 3.05) is 13.7 Å². The first kappa shape index (κ1) is 12.7. The molecule has 0 radical (unpaired) electrons. The molecule has 1 aromatic rings. The van der Waals surface area contributed by atoms with Crippen LogP contribution in [-0.4, -0.2) is 47.0 Å². The van der Waals surface area contributed by atoms with Crippen molar-refractivity contribution < 1.29 is 19.7 Å². The zero-order chi connectivity index (χ0) is 13.1. The standard InChI is InChI=1S/C13H17NO4/c1-18-12-5-3-2-4-9(12)8-10-11(15)6-7-14(10)13(16)17/h2-5,10-11,15H,6-8H2,1H3,(H,16,17)/t10-,11+/m0/s1. The van der Waals surface area contributed by atoms with Crippen molar-refractivity contribution in [3.8, 4) is 5.75 Å². The highest BCUT2D eigenvalue weighted by Gasteiger charge is 2.36. The summed E-state index contributed by atoms with van der Waals surface area (Å²) < 4.78 is 5.24. The Morgan fingerprint density at radius 3 is 2.89 bits per heavy atom. The maximum Gasteiger partial charge on any atom is 0.407 e. The number of rotatable bonds is 3. The van der Waals surface area contributed by atoms with Gasteiger partial charge in [0.1, 0.15) is 5.75 Å². The normalized spacial score (nSPS) is 23.1. The van der Waals surface area contributed by atoms with Crippen molar-refractivity contribution in [3.05, 3.63) is 29.8 Å². The molecule has 1 saturated heterocycles. The molecule has 98 valence electrons. The molecule has 2 atom stereocenters. The molecule has 1 aliphatic rings. The Morgan fingerprint density at radius 2 is 2.22 bits per heavy atom. The van der Waals surface area contributed by atoms with Crippen LogP contribution in [0.2, 0.25) is 0 Å². The molecule has 5 nitrogen and oxygen atoms in total. The van der Waals surface area contributed by atoms with E-state index in [4.69, 9.17) is 9.84 Å². The quantitative estimate of drug-likeness (QED) is 0.850. The first-order valence-corrected chi connectivity index (χ1v) is 5.93. The Bertz CT molecular complexity index is 435. The molecule has 18 heavy (non-hydrogen) atoms. The summed E-state index contributed by atoms with van der Waals surface area (Å²) in [5.74, 6) is 0.724. The van der Waals surface area contributed by atoms with Crippen molar-refractivity contribution in [1.29, 1.82) is 0 Å². The number of likely N-dealkylation sites (tertiary alicyclic amines) is 1. The zero-order valence-corrected chi connectivity index (χ0v) is 10.2. The van der Waals surface area contributed by atoms with Crippen molar-refractivity contribution >= 4 is 6.09 Å². The number of carbonyl (C=O) groups is 1. The molecule has 2 N–H and O–H groups in total. The number of nitrogens with zero attached hydrogens (tertiary/aromatic N) is 1. The van der Waals surface area contributed by atoms with Crippen LogP contribution in [0.3, 0.4) is 0 Å². The molecule has 1 amide bonds. The second-order valence-corrected chi connectivity index (χ2v) is 4.42. The van der Waals surface area contributed by atoms with Crippen molar-refractivity contribution in [2.45, 2.75) is 25.0 Å². The van der Waals surface area contributed by atoms with Gasteiger partial charge in [-0.1, -0.05) is 18.2 Å². The summed E-state index contributed by atoms with van der Waals surface area (Å²) in [4.78, 5) is 12.4. The summed E-state index contributed by atoms with van der Waals surface area (Å²) >= 11 is 0. The first-order valence-electron chi connectivity index (χ1n) is 5.93. The van der Waals surface area contributed by atoms with E-state index in [2.05, 4.69) is 0 Å². The van der Waals surface area contributed by atoms with E-state index in [1.54, 1.807) is 7.11 Å². The van der Waals surface area contributed by atoms with Crippen LogP contribution in [0.1, 0.15) is 12.0 Å². The molecule has 5 heteroatoms. The third-order valence-corrected chi connectivity index (χ3v) is 3.38. The molecule has 0 bridgehead atoms. The van der Waals surface area contributed by atoms with Gasteiger partial charge in [0, 0.05) is 6.54 Å². The molecular formula is C13H17NO4. The molecular weight excluding hydrogens is 234 g/mol. The van der Waals surface area contributed by atoms with E-state index in [1.807, 2.05) is 24.3 Å². The average Bonchev–Trinajstić information content (AvgIpc) is 2.72. The Hall–Kier alpha value is -1.75. The van der Waals surface area contributed by atoms with E-state index in [9.17, 15) is 9.90 Å². The van der Waals surface area contributed by atoms with Crippen LogP contribution in [0, 0.1) is 0 Å². The fourth-order valence-corrected chi connectivity index (χ4v) is 2.42. The molecule has 2 rings (SSSR count). The van der Waals surface area contributed by atoms with Crippen molar-refractivity contribution in [3.63, 3.8) is 0 Å². The van der Waals surface area contributed by atoms with Crippen LogP contribution in [0.15, 0.2) is 24.3 Å². The summed E-state index contributed by atoms with van der Waals surface area (Å²) in [5, 5.41) is 19.0. The predicted molar refractivity (Wildman–Crippen MR) is 65.8 cm³/mol. The minimum atomic E-state index is -0.980. The fourth-order valence-electron chi connectivity index (χ4n) is 2.42. The lowest BCUT2D eigenvalue weighted by molar-refractivity contribution is 0.0999. The van der Waals surface area contributed by atoms with Gasteiger partial charge >= 0.3 is 6.09 Å². The SMILES string of the molecule is COc1ccccc1C[C@H]1[C@H](O)CCN1C(=O)O. The van der Waals surface area contributed by atoms with Gasteiger partial charge in [0.2, 0.25) is 0 Å². The van der Waals surface area contributed by atoms with Gasteiger partial charge in [-0.25, -0.2) is 4.79 Å². The lowest BCUT2D eigenvalue weighted by Crippen LogP contribution is -2.40. The number of aliphatic hydroxyl groups excluding tert-OH is 1. The van der Waals surface area contributed by atoms with Gasteiger partial charge in [-0.2, -0.15) is 0 Å². The van der Waals surface area contributed by atoms with Crippen molar-refractivity contribution in [1.82, 2.24) is 4.90 Å². The average molecular weight is 251 g/mol. The largest absolute Gasteiger partial charge is 0.496 e. The molecule has 1 aromatic carbocycles. The van der Waals surface area contributed by atoms with E-state index in [0.29, 0.717) is 19.4 Å². The summed E-state index contributed by atoms with van der Waals surface area (Å²) in [5.41, 5.74) is 0.914. The molecule has 1 heterocycles. The van der Waals surface area contributed by atoms with E-state index < -0.39 is 18.2 Å². The third-order valence-electron chi connectivity index (χ3n) is 3.38. The number of benzene rings is 1. The Balaban J connectivity index is 2.18. The monoisotopic (exact) mass is 251 g/mol. The molecule has 0 spiro atoms. The highest BCUT2D eigenvalue weighted by molar-refractivity contribution is 5.66. The number of hydrogen-bond acceptors (Lipinski definition) is 3. The number of aliphatic hydroxyl groups is 1. The maximum absolute atomic E-state index is 11.1. The van der Waals surface area contributed by atoms with E-state index in [1.165, 1.54) is 4.90 Å². The van der Waals surface area contributed by atoms with Crippen LogP contribution < -0.4 is 4.74 Å².